The molecule has 1 atom stereocenters. The van der Waals surface area contributed by atoms with Gasteiger partial charge in [-0.3, -0.25) is 4.79 Å². The highest BCUT2D eigenvalue weighted by Gasteiger charge is 2.28. The number of rotatable bonds is 4. The zero-order chi connectivity index (χ0) is 13.0. The minimum Gasteiger partial charge on any atom is -0.393 e. The van der Waals surface area contributed by atoms with E-state index in [1.807, 2.05) is 13.8 Å². The predicted octanol–water partition coefficient (Wildman–Crippen LogP) is 0.964. The molecule has 0 bridgehead atoms. The van der Waals surface area contributed by atoms with Gasteiger partial charge in [-0.05, 0) is 31.6 Å². The number of amides is 1. The molecule has 0 aliphatic heterocycles. The van der Waals surface area contributed by atoms with Crippen molar-refractivity contribution in [2.45, 2.75) is 51.7 Å². The van der Waals surface area contributed by atoms with E-state index in [9.17, 15) is 9.90 Å². The minimum absolute atomic E-state index is 0.0751. The summed E-state index contributed by atoms with van der Waals surface area (Å²) in [6, 6.07) is 0.154. The Morgan fingerprint density at radius 1 is 1.35 bits per heavy atom. The van der Waals surface area contributed by atoms with E-state index in [4.69, 9.17) is 18.0 Å². The number of carbonyl (C=O) groups is 1. The molecule has 0 spiro atoms. The largest absolute Gasteiger partial charge is 0.393 e. The van der Waals surface area contributed by atoms with E-state index in [2.05, 4.69) is 5.32 Å². The Morgan fingerprint density at radius 3 is 2.29 bits per heavy atom. The molecule has 1 aliphatic rings. The zero-order valence-electron chi connectivity index (χ0n) is 10.5. The van der Waals surface area contributed by atoms with Gasteiger partial charge in [-0.15, -0.1) is 0 Å². The first-order valence-corrected chi connectivity index (χ1v) is 6.60. The standard InChI is InChI=1S/C12H22N2O2S/c1-7(2)10(11(13)17)12(16)14-8-3-5-9(15)6-4-8/h7-10,15H,3-6H2,1-2H3,(H2,13,17)(H,14,16). The summed E-state index contributed by atoms with van der Waals surface area (Å²) in [6.45, 7) is 3.88. The van der Waals surface area contributed by atoms with E-state index in [-0.39, 0.29) is 29.0 Å². The molecule has 1 fully saturated rings. The van der Waals surface area contributed by atoms with Crippen molar-refractivity contribution in [3.05, 3.63) is 0 Å². The lowest BCUT2D eigenvalue weighted by Gasteiger charge is -2.28. The van der Waals surface area contributed by atoms with Crippen molar-refractivity contribution in [3.8, 4) is 0 Å². The lowest BCUT2D eigenvalue weighted by Crippen LogP contribution is -2.46. The minimum atomic E-state index is -0.392. The topological polar surface area (TPSA) is 75.3 Å². The van der Waals surface area contributed by atoms with Gasteiger partial charge in [0, 0.05) is 6.04 Å². The average molecular weight is 258 g/mol. The quantitative estimate of drug-likeness (QED) is 0.657. The fraction of sp³-hybridized carbons (Fsp3) is 0.833. The van der Waals surface area contributed by atoms with Crippen LogP contribution in [-0.2, 0) is 4.79 Å². The van der Waals surface area contributed by atoms with Crippen LogP contribution in [-0.4, -0.2) is 28.1 Å². The monoisotopic (exact) mass is 258 g/mol. The molecule has 0 saturated heterocycles. The lowest BCUT2D eigenvalue weighted by molar-refractivity contribution is -0.125. The summed E-state index contributed by atoms with van der Waals surface area (Å²) in [4.78, 5) is 12.3. The molecular formula is C12H22N2O2S. The molecule has 4 N–H and O–H groups in total. The van der Waals surface area contributed by atoms with Gasteiger partial charge in [0.2, 0.25) is 5.91 Å². The Hall–Kier alpha value is -0.680. The lowest BCUT2D eigenvalue weighted by atomic mass is 9.90. The van der Waals surface area contributed by atoms with Crippen LogP contribution in [0.4, 0.5) is 0 Å². The van der Waals surface area contributed by atoms with Crippen LogP contribution in [0.2, 0.25) is 0 Å². The SMILES string of the molecule is CC(C)C(C(=O)NC1CCC(O)CC1)C(N)=S. The molecule has 0 aromatic heterocycles. The summed E-state index contributed by atoms with van der Waals surface area (Å²) in [6.07, 6.45) is 2.96. The number of aliphatic hydroxyl groups excluding tert-OH is 1. The number of aliphatic hydroxyl groups is 1. The van der Waals surface area contributed by atoms with Crippen LogP contribution in [0.5, 0.6) is 0 Å². The van der Waals surface area contributed by atoms with Crippen LogP contribution in [0.15, 0.2) is 0 Å². The molecule has 1 amide bonds. The second-order valence-corrected chi connectivity index (χ2v) is 5.61. The van der Waals surface area contributed by atoms with Crippen molar-refractivity contribution in [2.75, 3.05) is 0 Å². The fourth-order valence-electron chi connectivity index (χ4n) is 2.27. The van der Waals surface area contributed by atoms with Crippen LogP contribution in [0.1, 0.15) is 39.5 Å². The summed E-state index contributed by atoms with van der Waals surface area (Å²) in [5.74, 6) is -0.354. The number of carbonyl (C=O) groups excluding carboxylic acids is 1. The van der Waals surface area contributed by atoms with Gasteiger partial charge >= 0.3 is 0 Å². The molecule has 1 rings (SSSR count). The van der Waals surface area contributed by atoms with Crippen molar-refractivity contribution in [3.63, 3.8) is 0 Å². The molecule has 0 heterocycles. The maximum Gasteiger partial charge on any atom is 0.230 e. The summed E-state index contributed by atoms with van der Waals surface area (Å²) < 4.78 is 0. The number of nitrogens with two attached hydrogens (primary N) is 1. The van der Waals surface area contributed by atoms with Crippen LogP contribution >= 0.6 is 12.2 Å². The molecule has 0 radical (unpaired) electrons. The van der Waals surface area contributed by atoms with Crippen molar-refractivity contribution >= 4 is 23.1 Å². The van der Waals surface area contributed by atoms with E-state index in [0.717, 1.165) is 25.7 Å². The van der Waals surface area contributed by atoms with E-state index in [1.165, 1.54) is 0 Å². The number of thiocarbonyl (C=S) groups is 1. The third-order valence-electron chi connectivity index (χ3n) is 3.30. The Morgan fingerprint density at radius 2 is 1.88 bits per heavy atom. The molecule has 17 heavy (non-hydrogen) atoms. The van der Waals surface area contributed by atoms with Crippen LogP contribution in [0.3, 0.4) is 0 Å². The van der Waals surface area contributed by atoms with Gasteiger partial charge in [0.25, 0.3) is 0 Å². The first-order chi connectivity index (χ1) is 7.91. The number of nitrogens with one attached hydrogen (secondary N) is 1. The first-order valence-electron chi connectivity index (χ1n) is 6.19. The maximum absolute atomic E-state index is 12.0. The predicted molar refractivity (Wildman–Crippen MR) is 71.5 cm³/mol. The highest BCUT2D eigenvalue weighted by atomic mass is 32.1. The normalized spacial score (nSPS) is 26.6. The Kier molecular flexibility index (Phi) is 5.33. The highest BCUT2D eigenvalue weighted by molar-refractivity contribution is 7.80. The van der Waals surface area contributed by atoms with Gasteiger partial charge in [0.15, 0.2) is 0 Å². The maximum atomic E-state index is 12.0. The van der Waals surface area contributed by atoms with E-state index in [1.54, 1.807) is 0 Å². The number of hydrogen-bond acceptors (Lipinski definition) is 3. The first kappa shape index (κ1) is 14.4. The third kappa shape index (κ3) is 4.24. The Bertz CT molecular complexity index is 286. The van der Waals surface area contributed by atoms with Crippen LogP contribution in [0, 0.1) is 11.8 Å². The van der Waals surface area contributed by atoms with Crippen molar-refractivity contribution in [1.82, 2.24) is 5.32 Å². The second-order valence-electron chi connectivity index (χ2n) is 5.14. The van der Waals surface area contributed by atoms with Gasteiger partial charge in [-0.1, -0.05) is 26.1 Å². The number of hydrogen-bond donors (Lipinski definition) is 3. The molecule has 1 unspecified atom stereocenters. The van der Waals surface area contributed by atoms with Crippen molar-refractivity contribution in [2.24, 2.45) is 17.6 Å². The van der Waals surface area contributed by atoms with E-state index in [0.29, 0.717) is 0 Å². The molecule has 98 valence electrons. The summed E-state index contributed by atoms with van der Waals surface area (Å²) in [7, 11) is 0. The van der Waals surface area contributed by atoms with E-state index < -0.39 is 5.92 Å². The molecule has 1 saturated carbocycles. The van der Waals surface area contributed by atoms with Gasteiger partial charge in [0.05, 0.1) is 17.0 Å². The van der Waals surface area contributed by atoms with Gasteiger partial charge in [0.1, 0.15) is 0 Å². The Labute approximate surface area is 108 Å². The summed E-state index contributed by atoms with van der Waals surface area (Å²) in [5.41, 5.74) is 5.60. The molecule has 0 aromatic carbocycles. The van der Waals surface area contributed by atoms with Gasteiger partial charge in [-0.2, -0.15) is 0 Å². The molecule has 5 heteroatoms. The third-order valence-corrected chi connectivity index (χ3v) is 3.55. The molecule has 0 aromatic rings. The van der Waals surface area contributed by atoms with Gasteiger partial charge in [-0.25, -0.2) is 0 Å². The average Bonchev–Trinajstić information content (AvgIpc) is 2.20. The molecule has 4 nitrogen and oxygen atoms in total. The highest BCUT2D eigenvalue weighted by Crippen LogP contribution is 2.19. The van der Waals surface area contributed by atoms with Crippen molar-refractivity contribution in [1.29, 1.82) is 0 Å². The summed E-state index contributed by atoms with van der Waals surface area (Å²) in [5, 5.41) is 12.4. The smallest absolute Gasteiger partial charge is 0.230 e. The van der Waals surface area contributed by atoms with Crippen LogP contribution in [0.25, 0.3) is 0 Å². The van der Waals surface area contributed by atoms with Gasteiger partial charge < -0.3 is 16.2 Å². The fourth-order valence-corrected chi connectivity index (χ4v) is 2.65. The second kappa shape index (κ2) is 6.31. The Balaban J connectivity index is 2.50. The molecular weight excluding hydrogens is 236 g/mol. The van der Waals surface area contributed by atoms with Crippen LogP contribution < -0.4 is 11.1 Å². The molecule has 1 aliphatic carbocycles. The summed E-state index contributed by atoms with van der Waals surface area (Å²) >= 11 is 4.93. The zero-order valence-corrected chi connectivity index (χ0v) is 11.3. The van der Waals surface area contributed by atoms with Crippen molar-refractivity contribution < 1.29 is 9.90 Å². The van der Waals surface area contributed by atoms with E-state index >= 15 is 0 Å².